The first-order valence-electron chi connectivity index (χ1n) is 7.01. The van der Waals surface area contributed by atoms with Crippen LogP contribution < -0.4 is 15.6 Å². The molecular formula is C15H15FN4O3. The van der Waals surface area contributed by atoms with Crippen molar-refractivity contribution in [2.75, 3.05) is 25.5 Å². The molecule has 1 aromatic heterocycles. The highest BCUT2D eigenvalue weighted by molar-refractivity contribution is 5.91. The number of aromatic amines is 1. The number of ether oxygens (including phenoxy) is 1. The summed E-state index contributed by atoms with van der Waals surface area (Å²) in [5.74, 6) is 0.387. The highest BCUT2D eigenvalue weighted by Crippen LogP contribution is 2.28. The summed E-state index contributed by atoms with van der Waals surface area (Å²) < 4.78 is 18.2. The Labute approximate surface area is 131 Å². The quantitative estimate of drug-likeness (QED) is 0.899. The summed E-state index contributed by atoms with van der Waals surface area (Å²) >= 11 is 0. The number of hydrogen-bond acceptors (Lipinski definition) is 4. The van der Waals surface area contributed by atoms with Crippen LogP contribution in [0, 0.1) is 5.82 Å². The second-order valence-corrected chi connectivity index (χ2v) is 5.20. The standard InChI is InChI=1S/C15H15FN4O3/c1-23-12-6-10(16)2-3-11(12)18-15(22)20-7-9(8-20)14-17-5-4-13(21)19-14/h2-6,9H,7-8H2,1H3,(H,18,22)(H,17,19,21). The van der Waals surface area contributed by atoms with Gasteiger partial charge in [-0.2, -0.15) is 0 Å². The third kappa shape index (κ3) is 3.15. The maximum atomic E-state index is 13.1. The fourth-order valence-corrected chi connectivity index (χ4v) is 2.37. The molecule has 0 saturated carbocycles. The molecule has 0 spiro atoms. The number of H-pyrrole nitrogens is 1. The van der Waals surface area contributed by atoms with Gasteiger partial charge in [-0.05, 0) is 12.1 Å². The van der Waals surface area contributed by atoms with Crippen LogP contribution in [0.25, 0.3) is 0 Å². The predicted molar refractivity (Wildman–Crippen MR) is 81.1 cm³/mol. The van der Waals surface area contributed by atoms with Gasteiger partial charge in [-0.3, -0.25) is 4.79 Å². The molecule has 1 aliphatic heterocycles. The fourth-order valence-electron chi connectivity index (χ4n) is 2.37. The van der Waals surface area contributed by atoms with Crippen molar-refractivity contribution < 1.29 is 13.9 Å². The lowest BCUT2D eigenvalue weighted by Gasteiger charge is -2.38. The summed E-state index contributed by atoms with van der Waals surface area (Å²) in [6.45, 7) is 0.893. The average Bonchev–Trinajstić information content (AvgIpc) is 2.47. The molecule has 0 atom stereocenters. The molecule has 8 heteroatoms. The molecule has 3 rings (SSSR count). The molecule has 23 heavy (non-hydrogen) atoms. The zero-order valence-electron chi connectivity index (χ0n) is 12.4. The summed E-state index contributed by atoms with van der Waals surface area (Å²) in [6.07, 6.45) is 1.44. The fraction of sp³-hybridized carbons (Fsp3) is 0.267. The van der Waals surface area contributed by atoms with Crippen molar-refractivity contribution in [2.45, 2.75) is 5.92 Å². The first-order chi connectivity index (χ1) is 11.1. The minimum atomic E-state index is -0.442. The van der Waals surface area contributed by atoms with Gasteiger partial charge in [0.2, 0.25) is 0 Å². The normalized spacial score (nSPS) is 14.3. The summed E-state index contributed by atoms with van der Waals surface area (Å²) in [5.41, 5.74) is 0.183. The molecule has 2 heterocycles. The van der Waals surface area contributed by atoms with Crippen molar-refractivity contribution in [3.63, 3.8) is 0 Å². The molecule has 1 fully saturated rings. The maximum absolute atomic E-state index is 13.1. The Balaban J connectivity index is 1.62. The Kier molecular flexibility index (Phi) is 3.96. The highest BCUT2D eigenvalue weighted by Gasteiger charge is 2.33. The van der Waals surface area contributed by atoms with Crippen molar-refractivity contribution in [3.05, 3.63) is 52.5 Å². The van der Waals surface area contributed by atoms with E-state index in [1.54, 1.807) is 4.90 Å². The molecule has 0 bridgehead atoms. The minimum absolute atomic E-state index is 0.00441. The third-order valence-corrected chi connectivity index (χ3v) is 3.65. The van der Waals surface area contributed by atoms with Gasteiger partial charge in [-0.15, -0.1) is 0 Å². The van der Waals surface area contributed by atoms with Crippen LogP contribution in [-0.2, 0) is 0 Å². The Bertz CT molecular complexity index is 786. The second-order valence-electron chi connectivity index (χ2n) is 5.20. The molecule has 0 radical (unpaired) electrons. The topological polar surface area (TPSA) is 87.3 Å². The van der Waals surface area contributed by atoms with E-state index in [0.717, 1.165) is 0 Å². The van der Waals surface area contributed by atoms with Gasteiger partial charge in [-0.25, -0.2) is 14.2 Å². The number of nitrogens with one attached hydrogen (secondary N) is 2. The number of halogens is 1. The van der Waals surface area contributed by atoms with Gasteiger partial charge in [0.15, 0.2) is 0 Å². The lowest BCUT2D eigenvalue weighted by molar-refractivity contribution is 0.160. The summed E-state index contributed by atoms with van der Waals surface area (Å²) in [7, 11) is 1.40. The monoisotopic (exact) mass is 318 g/mol. The molecule has 0 unspecified atom stereocenters. The smallest absolute Gasteiger partial charge is 0.321 e. The van der Waals surface area contributed by atoms with Crippen LogP contribution in [0.1, 0.15) is 11.7 Å². The predicted octanol–water partition coefficient (Wildman–Crippen LogP) is 1.55. The molecule has 0 aliphatic carbocycles. The first-order valence-corrected chi connectivity index (χ1v) is 7.01. The van der Waals surface area contributed by atoms with E-state index in [1.165, 1.54) is 37.6 Å². The first kappa shape index (κ1) is 15.0. The van der Waals surface area contributed by atoms with E-state index in [4.69, 9.17) is 4.74 Å². The van der Waals surface area contributed by atoms with E-state index in [-0.39, 0.29) is 23.3 Å². The minimum Gasteiger partial charge on any atom is -0.494 e. The molecule has 2 amide bonds. The molecule has 2 N–H and O–H groups in total. The van der Waals surface area contributed by atoms with Gasteiger partial charge in [-0.1, -0.05) is 0 Å². The van der Waals surface area contributed by atoms with Crippen LogP contribution in [-0.4, -0.2) is 41.1 Å². The van der Waals surface area contributed by atoms with Crippen molar-refractivity contribution >= 4 is 11.7 Å². The van der Waals surface area contributed by atoms with Gasteiger partial charge < -0.3 is 19.9 Å². The van der Waals surface area contributed by atoms with Gasteiger partial charge >= 0.3 is 6.03 Å². The third-order valence-electron chi connectivity index (χ3n) is 3.65. The highest BCUT2D eigenvalue weighted by atomic mass is 19.1. The van der Waals surface area contributed by atoms with Crippen molar-refractivity contribution in [3.8, 4) is 5.75 Å². The number of amides is 2. The Morgan fingerprint density at radius 1 is 1.43 bits per heavy atom. The van der Waals surface area contributed by atoms with E-state index in [1.807, 2.05) is 0 Å². The van der Waals surface area contributed by atoms with Gasteiger partial charge in [0.1, 0.15) is 17.4 Å². The number of benzene rings is 1. The summed E-state index contributed by atoms with van der Waals surface area (Å²) in [4.78, 5) is 31.7. The average molecular weight is 318 g/mol. The molecular weight excluding hydrogens is 303 g/mol. The van der Waals surface area contributed by atoms with Crippen LogP contribution in [0.5, 0.6) is 5.75 Å². The molecule has 7 nitrogen and oxygen atoms in total. The van der Waals surface area contributed by atoms with E-state index < -0.39 is 5.82 Å². The van der Waals surface area contributed by atoms with E-state index in [0.29, 0.717) is 24.6 Å². The number of carbonyl (C=O) groups excluding carboxylic acids is 1. The Hall–Kier alpha value is -2.90. The van der Waals surface area contributed by atoms with Crippen LogP contribution in [0.3, 0.4) is 0 Å². The van der Waals surface area contributed by atoms with Gasteiger partial charge in [0, 0.05) is 31.4 Å². The number of hydrogen-bond donors (Lipinski definition) is 2. The lowest BCUT2D eigenvalue weighted by atomic mass is 10.00. The summed E-state index contributed by atoms with van der Waals surface area (Å²) in [5, 5.41) is 2.68. The van der Waals surface area contributed by atoms with Gasteiger partial charge in [0.05, 0.1) is 18.7 Å². The maximum Gasteiger partial charge on any atom is 0.321 e. The van der Waals surface area contributed by atoms with Crippen LogP contribution in [0.2, 0.25) is 0 Å². The zero-order valence-corrected chi connectivity index (χ0v) is 12.4. The largest absolute Gasteiger partial charge is 0.494 e. The number of methoxy groups -OCH3 is 1. The Morgan fingerprint density at radius 3 is 2.91 bits per heavy atom. The molecule has 1 saturated heterocycles. The lowest BCUT2D eigenvalue weighted by Crippen LogP contribution is -2.51. The number of anilines is 1. The number of likely N-dealkylation sites (tertiary alicyclic amines) is 1. The van der Waals surface area contributed by atoms with E-state index in [9.17, 15) is 14.0 Å². The number of aromatic nitrogens is 2. The van der Waals surface area contributed by atoms with Crippen LogP contribution >= 0.6 is 0 Å². The van der Waals surface area contributed by atoms with E-state index in [2.05, 4.69) is 15.3 Å². The number of carbonyl (C=O) groups is 1. The molecule has 120 valence electrons. The van der Waals surface area contributed by atoms with Crippen molar-refractivity contribution in [1.29, 1.82) is 0 Å². The zero-order chi connectivity index (χ0) is 16.4. The van der Waals surface area contributed by atoms with E-state index >= 15 is 0 Å². The SMILES string of the molecule is COc1cc(F)ccc1NC(=O)N1CC(c2nccc(=O)[nH]2)C1. The van der Waals surface area contributed by atoms with Crippen LogP contribution in [0.15, 0.2) is 35.3 Å². The molecule has 2 aromatic rings. The number of nitrogens with zero attached hydrogens (tertiary/aromatic N) is 2. The molecule has 1 aliphatic rings. The van der Waals surface area contributed by atoms with Gasteiger partial charge in [0.25, 0.3) is 5.56 Å². The van der Waals surface area contributed by atoms with Crippen LogP contribution in [0.4, 0.5) is 14.9 Å². The van der Waals surface area contributed by atoms with Crippen molar-refractivity contribution in [1.82, 2.24) is 14.9 Å². The second kappa shape index (κ2) is 6.07. The number of urea groups is 1. The number of rotatable bonds is 3. The summed E-state index contributed by atoms with van der Waals surface area (Å²) in [6, 6.07) is 4.92. The Morgan fingerprint density at radius 2 is 2.22 bits per heavy atom. The van der Waals surface area contributed by atoms with Crippen molar-refractivity contribution in [2.24, 2.45) is 0 Å². The molecule has 1 aromatic carbocycles.